The Morgan fingerprint density at radius 3 is 2.69 bits per heavy atom. The van der Waals surface area contributed by atoms with E-state index in [-0.39, 0.29) is 17.3 Å². The van der Waals surface area contributed by atoms with Crippen LogP contribution in [-0.4, -0.2) is 21.2 Å². The molecule has 0 atom stereocenters. The zero-order valence-corrected chi connectivity index (χ0v) is 13.9. The summed E-state index contributed by atoms with van der Waals surface area (Å²) in [5, 5.41) is 21.5. The second kappa shape index (κ2) is 7.01. The molecule has 0 aliphatic rings. The molecule has 3 aromatic rings. The summed E-state index contributed by atoms with van der Waals surface area (Å²) in [5.74, 6) is -0.752. The van der Waals surface area contributed by atoms with Crippen molar-refractivity contribution >= 4 is 17.5 Å². The number of carbonyl (C=O) groups is 1. The highest BCUT2D eigenvalue weighted by molar-refractivity contribution is 5.73. The molecule has 0 aliphatic carbocycles. The van der Waals surface area contributed by atoms with E-state index >= 15 is 0 Å². The molecule has 0 spiro atoms. The molecule has 26 heavy (non-hydrogen) atoms. The third kappa shape index (κ3) is 3.51. The number of hydrogen-bond acceptors (Lipinski definition) is 8. The van der Waals surface area contributed by atoms with Gasteiger partial charge in [0.15, 0.2) is 17.2 Å². The molecule has 0 saturated carbocycles. The summed E-state index contributed by atoms with van der Waals surface area (Å²) in [6.07, 6.45) is 0. The largest absolute Gasteiger partial charge is 0.493 e. The van der Waals surface area contributed by atoms with Crippen molar-refractivity contribution in [3.63, 3.8) is 0 Å². The number of pyridine rings is 1. The van der Waals surface area contributed by atoms with Crippen LogP contribution in [0.25, 0.3) is 11.3 Å². The summed E-state index contributed by atoms with van der Waals surface area (Å²) < 4.78 is 10.2. The maximum Gasteiger partial charge on any atom is 0.308 e. The lowest BCUT2D eigenvalue weighted by Gasteiger charge is -2.04. The van der Waals surface area contributed by atoms with Crippen LogP contribution in [0.2, 0.25) is 0 Å². The maximum atomic E-state index is 11.4. The maximum absolute atomic E-state index is 11.4. The molecule has 1 aromatic carbocycles. The van der Waals surface area contributed by atoms with Crippen LogP contribution in [0.1, 0.15) is 12.5 Å². The zero-order valence-electron chi connectivity index (χ0n) is 13.9. The lowest BCUT2D eigenvalue weighted by Crippen LogP contribution is -2.08. The highest BCUT2D eigenvalue weighted by Gasteiger charge is 2.16. The van der Waals surface area contributed by atoms with Crippen LogP contribution in [0.5, 0.6) is 11.6 Å². The molecular formula is C17H14N4O5. The number of nitrogens with zero attached hydrogens (tertiary/aromatic N) is 3. The predicted molar refractivity (Wildman–Crippen MR) is 90.9 cm³/mol. The zero-order chi connectivity index (χ0) is 18.7. The molecule has 132 valence electrons. The molecule has 0 aliphatic heterocycles. The van der Waals surface area contributed by atoms with Crippen molar-refractivity contribution in [3.8, 4) is 23.0 Å². The minimum absolute atomic E-state index is 0.184. The fourth-order valence-corrected chi connectivity index (χ4v) is 2.22. The van der Waals surface area contributed by atoms with Crippen molar-refractivity contribution in [1.29, 1.82) is 0 Å². The number of azo groups is 1. The minimum atomic E-state index is -0.671. The first-order valence-electron chi connectivity index (χ1n) is 7.54. The van der Waals surface area contributed by atoms with Crippen molar-refractivity contribution < 1.29 is 19.2 Å². The highest BCUT2D eigenvalue weighted by atomic mass is 16.5. The minimum Gasteiger partial charge on any atom is -0.493 e. The topological polar surface area (TPSA) is 130 Å². The van der Waals surface area contributed by atoms with Gasteiger partial charge >= 0.3 is 5.97 Å². The van der Waals surface area contributed by atoms with E-state index in [0.29, 0.717) is 11.3 Å². The van der Waals surface area contributed by atoms with E-state index in [4.69, 9.17) is 9.26 Å². The fourth-order valence-electron chi connectivity index (χ4n) is 2.22. The second-order valence-corrected chi connectivity index (χ2v) is 5.32. The smallest absolute Gasteiger partial charge is 0.308 e. The van der Waals surface area contributed by atoms with Crippen LogP contribution >= 0.6 is 0 Å². The van der Waals surface area contributed by atoms with Gasteiger partial charge in [0.05, 0.1) is 0 Å². The third-order valence-electron chi connectivity index (χ3n) is 3.40. The molecule has 9 nitrogen and oxygen atoms in total. The fraction of sp³-hybridized carbons (Fsp3) is 0.118. The first kappa shape index (κ1) is 17.1. The van der Waals surface area contributed by atoms with Crippen molar-refractivity contribution in [2.75, 3.05) is 0 Å². The summed E-state index contributed by atoms with van der Waals surface area (Å²) in [6, 6.07) is 10.3. The Morgan fingerprint density at radius 1 is 1.27 bits per heavy atom. The average molecular weight is 354 g/mol. The molecule has 0 bridgehead atoms. The third-order valence-corrected chi connectivity index (χ3v) is 3.40. The number of hydrogen-bond donors (Lipinski definition) is 2. The molecule has 2 N–H and O–H groups in total. The Balaban J connectivity index is 1.98. The monoisotopic (exact) mass is 354 g/mol. The number of carbonyl (C=O) groups excluding carboxylic acids is 1. The number of aromatic hydroxyl groups is 1. The molecule has 0 fully saturated rings. The first-order chi connectivity index (χ1) is 12.5. The van der Waals surface area contributed by atoms with Crippen LogP contribution in [0.15, 0.2) is 55.9 Å². The van der Waals surface area contributed by atoms with E-state index in [0.717, 1.165) is 18.6 Å². The summed E-state index contributed by atoms with van der Waals surface area (Å²) >= 11 is 0. The molecule has 2 heterocycles. The molecule has 3 rings (SSSR count). The van der Waals surface area contributed by atoms with Gasteiger partial charge in [0.25, 0.3) is 5.56 Å². The van der Waals surface area contributed by atoms with Crippen molar-refractivity contribution in [2.45, 2.75) is 13.8 Å². The summed E-state index contributed by atoms with van der Waals surface area (Å²) in [6.45, 7) is 2.92. The van der Waals surface area contributed by atoms with E-state index in [1.54, 1.807) is 6.92 Å². The number of aromatic nitrogens is 2. The summed E-state index contributed by atoms with van der Waals surface area (Å²) in [7, 11) is 0. The van der Waals surface area contributed by atoms with Crippen molar-refractivity contribution in [1.82, 2.24) is 10.1 Å². The molecule has 9 heteroatoms. The van der Waals surface area contributed by atoms with Gasteiger partial charge in [-0.2, -0.15) is 0 Å². The van der Waals surface area contributed by atoms with Crippen LogP contribution in [0, 0.1) is 6.92 Å². The van der Waals surface area contributed by atoms with Gasteiger partial charge in [-0.15, -0.1) is 10.2 Å². The van der Waals surface area contributed by atoms with Gasteiger partial charge in [-0.1, -0.05) is 35.5 Å². The quantitative estimate of drug-likeness (QED) is 0.545. The van der Waals surface area contributed by atoms with Gasteiger partial charge in [0.2, 0.25) is 11.7 Å². The number of esters is 1. The average Bonchev–Trinajstić information content (AvgIpc) is 2.95. The van der Waals surface area contributed by atoms with Gasteiger partial charge in [-0.3, -0.25) is 14.6 Å². The van der Waals surface area contributed by atoms with E-state index in [2.05, 4.69) is 20.4 Å². The van der Waals surface area contributed by atoms with E-state index in [1.807, 2.05) is 30.3 Å². The highest BCUT2D eigenvalue weighted by Crippen LogP contribution is 2.36. The number of aromatic amines is 1. The number of H-pyrrole nitrogens is 1. The Labute approximate surface area is 147 Å². The molecule has 0 saturated heterocycles. The first-order valence-corrected chi connectivity index (χ1v) is 7.54. The normalized spacial score (nSPS) is 11.0. The van der Waals surface area contributed by atoms with Crippen molar-refractivity contribution in [3.05, 3.63) is 52.3 Å². The predicted octanol–water partition coefficient (Wildman–Crippen LogP) is 3.38. The van der Waals surface area contributed by atoms with Crippen LogP contribution in [-0.2, 0) is 4.79 Å². The summed E-state index contributed by atoms with van der Waals surface area (Å²) in [5.41, 5.74) is 0.606. The number of benzene rings is 1. The van der Waals surface area contributed by atoms with Gasteiger partial charge in [0, 0.05) is 24.1 Å². The Morgan fingerprint density at radius 2 is 2.00 bits per heavy atom. The Kier molecular flexibility index (Phi) is 4.61. The van der Waals surface area contributed by atoms with E-state index in [9.17, 15) is 14.7 Å². The Bertz CT molecular complexity index is 1040. The van der Waals surface area contributed by atoms with E-state index in [1.165, 1.54) is 0 Å². The number of ether oxygens (including phenoxy) is 1. The van der Waals surface area contributed by atoms with Gasteiger partial charge in [-0.05, 0) is 6.92 Å². The van der Waals surface area contributed by atoms with Gasteiger partial charge < -0.3 is 14.4 Å². The standard InChI is InChI=1S/C17H14N4O5/c1-9-15(11-6-4-3-5-7-11)26-21-16(9)20-19-14-12(25-10(2)22)8-13(23)18-17(14)24/h3-8H,1-2H3,(H2,18,23,24). The van der Waals surface area contributed by atoms with Gasteiger partial charge in [0.1, 0.15) is 0 Å². The number of nitrogens with one attached hydrogen (secondary N) is 1. The van der Waals surface area contributed by atoms with Gasteiger partial charge in [-0.25, -0.2) is 0 Å². The molecular weight excluding hydrogens is 340 g/mol. The van der Waals surface area contributed by atoms with Crippen molar-refractivity contribution in [2.24, 2.45) is 10.2 Å². The number of rotatable bonds is 4. The molecule has 0 unspecified atom stereocenters. The molecule has 2 aromatic heterocycles. The Hall–Kier alpha value is -3.75. The van der Waals surface area contributed by atoms with Crippen LogP contribution in [0.3, 0.4) is 0 Å². The lowest BCUT2D eigenvalue weighted by molar-refractivity contribution is -0.131. The second-order valence-electron chi connectivity index (χ2n) is 5.32. The molecule has 0 amide bonds. The molecule has 0 radical (unpaired) electrons. The van der Waals surface area contributed by atoms with Crippen LogP contribution < -0.4 is 10.3 Å². The lowest BCUT2D eigenvalue weighted by atomic mass is 10.1. The summed E-state index contributed by atoms with van der Waals surface area (Å²) in [4.78, 5) is 24.7. The SMILES string of the molecule is CC(=O)Oc1cc(=O)[nH]c(O)c1N=Nc1noc(-c2ccccc2)c1C. The van der Waals surface area contributed by atoms with E-state index < -0.39 is 17.4 Å². The van der Waals surface area contributed by atoms with Crippen LogP contribution in [0.4, 0.5) is 11.5 Å².